The summed E-state index contributed by atoms with van der Waals surface area (Å²) < 4.78 is 5.39. The van der Waals surface area contributed by atoms with Gasteiger partial charge in [0.15, 0.2) is 17.3 Å². The molecular weight excluding hydrogens is 268 g/mol. The summed E-state index contributed by atoms with van der Waals surface area (Å²) >= 11 is 0. The molecule has 2 rings (SSSR count). The molecule has 0 unspecified atom stereocenters. The minimum absolute atomic E-state index is 0.0995. The summed E-state index contributed by atoms with van der Waals surface area (Å²) in [6.07, 6.45) is 1.83. The number of aromatic hydroxyl groups is 1. The van der Waals surface area contributed by atoms with Gasteiger partial charge in [0.05, 0.1) is 6.61 Å². The zero-order valence-corrected chi connectivity index (χ0v) is 12.3. The van der Waals surface area contributed by atoms with Gasteiger partial charge in [0.25, 0.3) is 0 Å². The molecule has 0 aliphatic rings. The second-order valence-corrected chi connectivity index (χ2v) is 4.58. The van der Waals surface area contributed by atoms with Crippen molar-refractivity contribution < 1.29 is 9.84 Å². The fraction of sp³-hybridized carbons (Fsp3) is 0.333. The number of benzene rings is 1. The van der Waals surface area contributed by atoms with Gasteiger partial charge in [-0.25, -0.2) is 15.8 Å². The molecule has 112 valence electrons. The van der Waals surface area contributed by atoms with Crippen LogP contribution in [0.4, 0.5) is 5.82 Å². The van der Waals surface area contributed by atoms with Crippen LogP contribution in [0, 0.1) is 0 Å². The number of phenols is 1. The molecule has 0 spiro atoms. The van der Waals surface area contributed by atoms with Crippen LogP contribution in [0.25, 0.3) is 11.4 Å². The molecule has 2 aromatic rings. The number of nitrogens with one attached hydrogen (secondary N) is 1. The minimum Gasteiger partial charge on any atom is -0.504 e. The summed E-state index contributed by atoms with van der Waals surface area (Å²) in [6, 6.07) is 6.88. The van der Waals surface area contributed by atoms with Crippen LogP contribution in [0.1, 0.15) is 26.0 Å². The van der Waals surface area contributed by atoms with E-state index in [1.807, 2.05) is 13.0 Å². The standard InChI is InChI=1S/C15H20N4O2/c1-3-5-11-9-14(19-16)18-15(17-11)10-6-7-12(20)13(8-10)21-4-2/h6-9,20H,3-5,16H2,1-2H3,(H,17,18,19). The van der Waals surface area contributed by atoms with Crippen LogP contribution in [0.3, 0.4) is 0 Å². The van der Waals surface area contributed by atoms with E-state index in [-0.39, 0.29) is 5.75 Å². The van der Waals surface area contributed by atoms with Crippen molar-refractivity contribution in [2.45, 2.75) is 26.7 Å². The van der Waals surface area contributed by atoms with Gasteiger partial charge < -0.3 is 15.3 Å². The van der Waals surface area contributed by atoms with Gasteiger partial charge in [-0.3, -0.25) is 0 Å². The van der Waals surface area contributed by atoms with Gasteiger partial charge in [-0.2, -0.15) is 0 Å². The van der Waals surface area contributed by atoms with E-state index in [9.17, 15) is 5.11 Å². The van der Waals surface area contributed by atoms with E-state index in [1.54, 1.807) is 18.2 Å². The number of nitrogen functional groups attached to an aromatic ring is 1. The molecule has 0 fully saturated rings. The summed E-state index contributed by atoms with van der Waals surface area (Å²) in [4.78, 5) is 8.88. The van der Waals surface area contributed by atoms with Crippen molar-refractivity contribution in [3.63, 3.8) is 0 Å². The van der Waals surface area contributed by atoms with Crippen LogP contribution in [0.2, 0.25) is 0 Å². The number of phenolic OH excluding ortho intramolecular Hbond substituents is 1. The Morgan fingerprint density at radius 3 is 2.71 bits per heavy atom. The molecule has 6 nitrogen and oxygen atoms in total. The number of ether oxygens (including phenoxy) is 1. The molecule has 1 aromatic heterocycles. The number of rotatable bonds is 6. The smallest absolute Gasteiger partial charge is 0.161 e. The van der Waals surface area contributed by atoms with E-state index in [0.29, 0.717) is 24.0 Å². The molecule has 0 aliphatic heterocycles. The predicted molar refractivity (Wildman–Crippen MR) is 82.1 cm³/mol. The Morgan fingerprint density at radius 2 is 2.05 bits per heavy atom. The van der Waals surface area contributed by atoms with Crippen LogP contribution >= 0.6 is 0 Å². The number of aryl methyl sites for hydroxylation is 1. The second kappa shape index (κ2) is 6.90. The molecule has 0 bridgehead atoms. The van der Waals surface area contributed by atoms with Crippen molar-refractivity contribution in [2.75, 3.05) is 12.0 Å². The van der Waals surface area contributed by atoms with Crippen molar-refractivity contribution in [2.24, 2.45) is 5.84 Å². The molecule has 1 heterocycles. The van der Waals surface area contributed by atoms with Gasteiger partial charge in [-0.15, -0.1) is 0 Å². The van der Waals surface area contributed by atoms with Crippen LogP contribution in [0.5, 0.6) is 11.5 Å². The van der Waals surface area contributed by atoms with E-state index in [1.165, 1.54) is 0 Å². The summed E-state index contributed by atoms with van der Waals surface area (Å²) in [5.74, 6) is 7.09. The predicted octanol–water partition coefficient (Wildman–Crippen LogP) is 2.49. The lowest BCUT2D eigenvalue weighted by Crippen LogP contribution is -2.10. The highest BCUT2D eigenvalue weighted by molar-refractivity contribution is 5.62. The highest BCUT2D eigenvalue weighted by Crippen LogP contribution is 2.31. The Morgan fingerprint density at radius 1 is 1.24 bits per heavy atom. The molecule has 0 saturated heterocycles. The highest BCUT2D eigenvalue weighted by atomic mass is 16.5. The summed E-state index contributed by atoms with van der Waals surface area (Å²) in [5, 5.41) is 9.75. The fourth-order valence-corrected chi connectivity index (χ4v) is 2.01. The van der Waals surface area contributed by atoms with Crippen LogP contribution < -0.4 is 16.0 Å². The van der Waals surface area contributed by atoms with Crippen molar-refractivity contribution >= 4 is 5.82 Å². The third-order valence-electron chi connectivity index (χ3n) is 2.95. The first-order valence-electron chi connectivity index (χ1n) is 6.98. The van der Waals surface area contributed by atoms with Crippen molar-refractivity contribution in [3.8, 4) is 22.9 Å². The Hall–Kier alpha value is -2.34. The van der Waals surface area contributed by atoms with E-state index in [4.69, 9.17) is 10.6 Å². The van der Waals surface area contributed by atoms with E-state index in [2.05, 4.69) is 22.3 Å². The summed E-state index contributed by atoms with van der Waals surface area (Å²) in [6.45, 7) is 4.43. The van der Waals surface area contributed by atoms with E-state index >= 15 is 0 Å². The van der Waals surface area contributed by atoms with E-state index in [0.717, 1.165) is 24.1 Å². The second-order valence-electron chi connectivity index (χ2n) is 4.58. The molecule has 0 atom stereocenters. The first kappa shape index (κ1) is 15.1. The van der Waals surface area contributed by atoms with Crippen LogP contribution in [-0.2, 0) is 6.42 Å². The zero-order chi connectivity index (χ0) is 15.2. The van der Waals surface area contributed by atoms with Crippen LogP contribution in [-0.4, -0.2) is 21.7 Å². The van der Waals surface area contributed by atoms with Gasteiger partial charge in [-0.05, 0) is 31.5 Å². The highest BCUT2D eigenvalue weighted by Gasteiger charge is 2.10. The largest absolute Gasteiger partial charge is 0.504 e. The Kier molecular flexibility index (Phi) is 4.94. The molecule has 0 amide bonds. The molecule has 0 saturated carbocycles. The third kappa shape index (κ3) is 3.61. The normalized spacial score (nSPS) is 10.4. The summed E-state index contributed by atoms with van der Waals surface area (Å²) in [5.41, 5.74) is 4.24. The number of anilines is 1. The van der Waals surface area contributed by atoms with Crippen molar-refractivity contribution in [1.82, 2.24) is 9.97 Å². The molecule has 4 N–H and O–H groups in total. The molecule has 0 radical (unpaired) electrons. The first-order chi connectivity index (χ1) is 10.2. The average Bonchev–Trinajstić information content (AvgIpc) is 2.49. The molecule has 0 aliphatic carbocycles. The number of hydrogen-bond acceptors (Lipinski definition) is 6. The molecule has 21 heavy (non-hydrogen) atoms. The fourth-order valence-electron chi connectivity index (χ4n) is 2.01. The maximum Gasteiger partial charge on any atom is 0.161 e. The zero-order valence-electron chi connectivity index (χ0n) is 12.3. The number of nitrogens with zero attached hydrogens (tertiary/aromatic N) is 2. The molecular formula is C15H20N4O2. The van der Waals surface area contributed by atoms with Crippen molar-refractivity contribution in [3.05, 3.63) is 30.0 Å². The lowest BCUT2D eigenvalue weighted by Gasteiger charge is -2.10. The van der Waals surface area contributed by atoms with Gasteiger partial charge in [-0.1, -0.05) is 13.3 Å². The van der Waals surface area contributed by atoms with Gasteiger partial charge in [0.2, 0.25) is 0 Å². The monoisotopic (exact) mass is 288 g/mol. The molecule has 6 heteroatoms. The van der Waals surface area contributed by atoms with E-state index < -0.39 is 0 Å². The van der Waals surface area contributed by atoms with Gasteiger partial charge >= 0.3 is 0 Å². The number of hydrogen-bond donors (Lipinski definition) is 3. The van der Waals surface area contributed by atoms with Gasteiger partial charge in [0.1, 0.15) is 5.82 Å². The Balaban J connectivity index is 2.44. The summed E-state index contributed by atoms with van der Waals surface area (Å²) in [7, 11) is 0. The topological polar surface area (TPSA) is 93.3 Å². The lowest BCUT2D eigenvalue weighted by molar-refractivity contribution is 0.318. The Bertz CT molecular complexity index is 617. The SMILES string of the molecule is CCCc1cc(NN)nc(-c2ccc(O)c(OCC)c2)n1. The maximum atomic E-state index is 9.75. The molecule has 1 aromatic carbocycles. The number of hydrazine groups is 1. The lowest BCUT2D eigenvalue weighted by atomic mass is 10.1. The Labute approximate surface area is 124 Å². The quantitative estimate of drug-likeness (QED) is 0.558. The van der Waals surface area contributed by atoms with Crippen LogP contribution in [0.15, 0.2) is 24.3 Å². The third-order valence-corrected chi connectivity index (χ3v) is 2.95. The number of aromatic nitrogens is 2. The first-order valence-corrected chi connectivity index (χ1v) is 6.98. The maximum absolute atomic E-state index is 9.75. The van der Waals surface area contributed by atoms with Gasteiger partial charge in [0, 0.05) is 17.3 Å². The number of nitrogens with two attached hydrogens (primary N) is 1. The van der Waals surface area contributed by atoms with Crippen molar-refractivity contribution in [1.29, 1.82) is 0 Å². The minimum atomic E-state index is 0.0995. The average molecular weight is 288 g/mol.